The van der Waals surface area contributed by atoms with Gasteiger partial charge in [0.1, 0.15) is 0 Å². The first-order valence-corrected chi connectivity index (χ1v) is 10.6. The zero-order valence-electron chi connectivity index (χ0n) is 15.7. The van der Waals surface area contributed by atoms with Crippen LogP contribution in [0, 0.1) is 6.92 Å². The van der Waals surface area contributed by atoms with Crippen LogP contribution in [0.1, 0.15) is 47.6 Å². The van der Waals surface area contributed by atoms with Gasteiger partial charge in [0.25, 0.3) is 0 Å². The Balaban J connectivity index is 1.89. The second-order valence-electron chi connectivity index (χ2n) is 7.00. The average molecular weight is 388 g/mol. The number of sulfonamides is 1. The molecule has 2 aromatic rings. The number of hydrogen-bond acceptors (Lipinski definition) is 4. The molecule has 0 bridgehead atoms. The predicted octanol–water partition coefficient (Wildman–Crippen LogP) is 3.46. The SMILES string of the molecule is COC(=O)CC(NS(=O)(=O)c1ccc2c(c1)CCCC2)c1ccc(C)cc1. The fourth-order valence-electron chi connectivity index (χ4n) is 3.41. The van der Waals surface area contributed by atoms with Crippen molar-refractivity contribution in [2.24, 2.45) is 0 Å². The Labute approximate surface area is 160 Å². The molecular weight excluding hydrogens is 362 g/mol. The van der Waals surface area contributed by atoms with Gasteiger partial charge in [-0.25, -0.2) is 13.1 Å². The molecule has 0 saturated carbocycles. The predicted molar refractivity (Wildman–Crippen MR) is 104 cm³/mol. The number of benzene rings is 2. The summed E-state index contributed by atoms with van der Waals surface area (Å²) in [6.45, 7) is 1.95. The number of ether oxygens (including phenoxy) is 1. The zero-order chi connectivity index (χ0) is 19.4. The van der Waals surface area contributed by atoms with Crippen LogP contribution in [0.15, 0.2) is 47.4 Å². The molecule has 5 nitrogen and oxygen atoms in total. The maximum absolute atomic E-state index is 13.0. The third kappa shape index (κ3) is 4.76. The first-order valence-electron chi connectivity index (χ1n) is 9.16. The van der Waals surface area contributed by atoms with Gasteiger partial charge in [0.05, 0.1) is 24.5 Å². The van der Waals surface area contributed by atoms with Gasteiger partial charge in [0.15, 0.2) is 0 Å². The Hall–Kier alpha value is -2.18. The van der Waals surface area contributed by atoms with Crippen LogP contribution in [0.4, 0.5) is 0 Å². The Morgan fingerprint density at radius 3 is 2.41 bits per heavy atom. The molecule has 6 heteroatoms. The van der Waals surface area contributed by atoms with Crippen molar-refractivity contribution in [1.29, 1.82) is 0 Å². The number of hydrogen-bond donors (Lipinski definition) is 1. The number of nitrogens with one attached hydrogen (secondary N) is 1. The van der Waals surface area contributed by atoms with Crippen LogP contribution < -0.4 is 4.72 Å². The largest absolute Gasteiger partial charge is 0.469 e. The lowest BCUT2D eigenvalue weighted by Crippen LogP contribution is -2.30. The summed E-state index contributed by atoms with van der Waals surface area (Å²) in [6.07, 6.45) is 4.06. The van der Waals surface area contributed by atoms with E-state index < -0.39 is 22.0 Å². The molecule has 1 aliphatic rings. The number of aryl methyl sites for hydroxylation is 3. The van der Waals surface area contributed by atoms with E-state index in [1.807, 2.05) is 37.3 Å². The molecule has 0 fully saturated rings. The molecule has 1 unspecified atom stereocenters. The van der Waals surface area contributed by atoms with Crippen LogP contribution in [0.3, 0.4) is 0 Å². The highest BCUT2D eigenvalue weighted by atomic mass is 32.2. The highest BCUT2D eigenvalue weighted by Crippen LogP contribution is 2.26. The number of methoxy groups -OCH3 is 1. The molecule has 144 valence electrons. The fraction of sp³-hybridized carbons (Fsp3) is 0.381. The van der Waals surface area contributed by atoms with Gasteiger partial charge in [-0.15, -0.1) is 0 Å². The molecule has 27 heavy (non-hydrogen) atoms. The van der Waals surface area contributed by atoms with Crippen molar-refractivity contribution in [3.8, 4) is 0 Å². The van der Waals surface area contributed by atoms with Crippen LogP contribution in [0.5, 0.6) is 0 Å². The summed E-state index contributed by atoms with van der Waals surface area (Å²) in [5.41, 5.74) is 4.12. The molecule has 1 atom stereocenters. The van der Waals surface area contributed by atoms with Gasteiger partial charge in [-0.2, -0.15) is 0 Å². The van der Waals surface area contributed by atoms with Crippen molar-refractivity contribution in [1.82, 2.24) is 4.72 Å². The van der Waals surface area contributed by atoms with Crippen molar-refractivity contribution in [3.05, 3.63) is 64.7 Å². The Morgan fingerprint density at radius 1 is 1.07 bits per heavy atom. The summed E-state index contributed by atoms with van der Waals surface area (Å²) in [5.74, 6) is -0.464. The molecule has 0 heterocycles. The van der Waals surface area contributed by atoms with Crippen LogP contribution in [-0.2, 0) is 32.4 Å². The molecule has 0 radical (unpaired) electrons. The molecule has 0 aliphatic heterocycles. The van der Waals surface area contributed by atoms with Gasteiger partial charge in [0, 0.05) is 0 Å². The number of rotatable bonds is 6. The van der Waals surface area contributed by atoms with E-state index in [2.05, 4.69) is 4.72 Å². The van der Waals surface area contributed by atoms with E-state index in [1.54, 1.807) is 12.1 Å². The molecule has 1 N–H and O–H groups in total. The van der Waals surface area contributed by atoms with Crippen molar-refractivity contribution in [2.45, 2.75) is 50.0 Å². The Bertz CT molecular complexity index is 920. The van der Waals surface area contributed by atoms with Crippen LogP contribution in [-0.4, -0.2) is 21.5 Å². The third-order valence-electron chi connectivity index (χ3n) is 5.01. The average Bonchev–Trinajstić information content (AvgIpc) is 2.67. The van der Waals surface area contributed by atoms with E-state index in [0.29, 0.717) is 0 Å². The lowest BCUT2D eigenvalue weighted by atomic mass is 9.92. The number of fused-ring (bicyclic) bond motifs is 1. The standard InChI is InChI=1S/C21H25NO4S/c1-15-7-9-17(10-8-15)20(14-21(23)26-2)22-27(24,25)19-12-11-16-5-3-4-6-18(16)13-19/h7-13,20,22H,3-6,14H2,1-2H3. The van der Waals surface area contributed by atoms with Gasteiger partial charge in [-0.3, -0.25) is 4.79 Å². The lowest BCUT2D eigenvalue weighted by Gasteiger charge is -2.20. The fourth-order valence-corrected chi connectivity index (χ4v) is 4.68. The van der Waals surface area contributed by atoms with Crippen molar-refractivity contribution in [2.75, 3.05) is 7.11 Å². The van der Waals surface area contributed by atoms with E-state index in [4.69, 9.17) is 4.74 Å². The molecule has 2 aromatic carbocycles. The maximum atomic E-state index is 13.0. The second-order valence-corrected chi connectivity index (χ2v) is 8.72. The molecule has 0 amide bonds. The molecule has 1 aliphatic carbocycles. The number of carbonyl (C=O) groups excluding carboxylic acids is 1. The quantitative estimate of drug-likeness (QED) is 0.771. The van der Waals surface area contributed by atoms with Gasteiger partial charge in [-0.1, -0.05) is 35.9 Å². The molecular formula is C21H25NO4S. The molecule has 3 rings (SSSR count). The van der Waals surface area contributed by atoms with E-state index in [1.165, 1.54) is 12.7 Å². The van der Waals surface area contributed by atoms with Crippen molar-refractivity contribution in [3.63, 3.8) is 0 Å². The van der Waals surface area contributed by atoms with E-state index >= 15 is 0 Å². The zero-order valence-corrected chi connectivity index (χ0v) is 16.5. The van der Waals surface area contributed by atoms with Crippen LogP contribution in [0.2, 0.25) is 0 Å². The minimum absolute atomic E-state index is 0.0657. The summed E-state index contributed by atoms with van der Waals surface area (Å²) in [5, 5.41) is 0. The number of esters is 1. The van der Waals surface area contributed by atoms with Crippen LogP contribution >= 0.6 is 0 Å². The first kappa shape index (κ1) is 19.6. The monoisotopic (exact) mass is 387 g/mol. The van der Waals surface area contributed by atoms with Gasteiger partial charge < -0.3 is 4.74 Å². The van der Waals surface area contributed by atoms with Crippen molar-refractivity contribution < 1.29 is 17.9 Å². The Kier molecular flexibility index (Phi) is 5.97. The maximum Gasteiger partial charge on any atom is 0.307 e. The van der Waals surface area contributed by atoms with Gasteiger partial charge >= 0.3 is 5.97 Å². The van der Waals surface area contributed by atoms with Gasteiger partial charge in [0.2, 0.25) is 10.0 Å². The van der Waals surface area contributed by atoms with Crippen LogP contribution in [0.25, 0.3) is 0 Å². The summed E-state index contributed by atoms with van der Waals surface area (Å²) >= 11 is 0. The highest BCUT2D eigenvalue weighted by molar-refractivity contribution is 7.89. The minimum Gasteiger partial charge on any atom is -0.469 e. The normalized spacial score (nSPS) is 15.0. The smallest absolute Gasteiger partial charge is 0.307 e. The summed E-state index contributed by atoms with van der Waals surface area (Å²) in [7, 11) is -2.46. The summed E-state index contributed by atoms with van der Waals surface area (Å²) in [4.78, 5) is 12.1. The highest BCUT2D eigenvalue weighted by Gasteiger charge is 2.25. The second kappa shape index (κ2) is 8.23. The third-order valence-corrected chi connectivity index (χ3v) is 6.48. The molecule has 0 saturated heterocycles. The van der Waals surface area contributed by atoms with Crippen molar-refractivity contribution >= 4 is 16.0 Å². The summed E-state index contributed by atoms with van der Waals surface area (Å²) in [6, 6.07) is 12.1. The Morgan fingerprint density at radius 2 is 1.74 bits per heavy atom. The number of carbonyl (C=O) groups is 1. The molecule has 0 spiro atoms. The van der Waals surface area contributed by atoms with E-state index in [0.717, 1.165) is 42.4 Å². The topological polar surface area (TPSA) is 72.5 Å². The van der Waals surface area contributed by atoms with E-state index in [-0.39, 0.29) is 11.3 Å². The van der Waals surface area contributed by atoms with Gasteiger partial charge in [-0.05, 0) is 61.4 Å². The first-order chi connectivity index (χ1) is 12.9. The minimum atomic E-state index is -3.76. The summed E-state index contributed by atoms with van der Waals surface area (Å²) < 4.78 is 33.4. The lowest BCUT2D eigenvalue weighted by molar-refractivity contribution is -0.141. The van der Waals surface area contributed by atoms with E-state index in [9.17, 15) is 13.2 Å². The molecule has 0 aromatic heterocycles.